The lowest BCUT2D eigenvalue weighted by Gasteiger charge is -2.14. The Balaban J connectivity index is 3.40. The SMILES string of the molecule is COC(=O)Cc1c(Cl)cc(C#N)cc1C(F)(F)F. The molecule has 0 aliphatic rings. The third kappa shape index (κ3) is 3.14. The van der Waals surface area contributed by atoms with Gasteiger partial charge in [-0.05, 0) is 17.7 Å². The van der Waals surface area contributed by atoms with E-state index in [1.54, 1.807) is 6.07 Å². The van der Waals surface area contributed by atoms with Gasteiger partial charge in [0.2, 0.25) is 0 Å². The number of methoxy groups -OCH3 is 1. The van der Waals surface area contributed by atoms with Crippen LogP contribution in [-0.2, 0) is 22.1 Å². The number of nitriles is 1. The van der Waals surface area contributed by atoms with Crippen LogP contribution in [0.5, 0.6) is 0 Å². The minimum absolute atomic E-state index is 0.221. The molecule has 18 heavy (non-hydrogen) atoms. The van der Waals surface area contributed by atoms with E-state index in [0.29, 0.717) is 6.07 Å². The summed E-state index contributed by atoms with van der Waals surface area (Å²) in [6, 6.07) is 3.31. The van der Waals surface area contributed by atoms with Crippen molar-refractivity contribution in [2.75, 3.05) is 7.11 Å². The van der Waals surface area contributed by atoms with Crippen molar-refractivity contribution in [2.24, 2.45) is 0 Å². The third-order valence-electron chi connectivity index (χ3n) is 2.18. The summed E-state index contributed by atoms with van der Waals surface area (Å²) in [5.74, 6) is -0.841. The molecule has 0 unspecified atom stereocenters. The van der Waals surface area contributed by atoms with Gasteiger partial charge in [-0.1, -0.05) is 11.6 Å². The number of carbonyl (C=O) groups is 1. The molecule has 0 aliphatic heterocycles. The average Bonchev–Trinajstić information content (AvgIpc) is 2.29. The van der Waals surface area contributed by atoms with Crippen LogP contribution in [0, 0.1) is 11.3 Å². The molecule has 1 aromatic carbocycles. The molecule has 0 spiro atoms. The van der Waals surface area contributed by atoms with Gasteiger partial charge >= 0.3 is 12.1 Å². The maximum Gasteiger partial charge on any atom is 0.416 e. The number of hydrogen-bond donors (Lipinski definition) is 0. The van der Waals surface area contributed by atoms with Crippen molar-refractivity contribution in [3.63, 3.8) is 0 Å². The van der Waals surface area contributed by atoms with E-state index in [1.807, 2.05) is 0 Å². The average molecular weight is 278 g/mol. The zero-order valence-corrected chi connectivity index (χ0v) is 9.89. The maximum absolute atomic E-state index is 12.8. The molecule has 0 saturated heterocycles. The number of esters is 1. The molecular weight excluding hydrogens is 271 g/mol. The number of benzene rings is 1. The second kappa shape index (κ2) is 5.27. The molecule has 0 bridgehead atoms. The summed E-state index contributed by atoms with van der Waals surface area (Å²) < 4.78 is 42.6. The second-order valence-electron chi connectivity index (χ2n) is 3.35. The van der Waals surface area contributed by atoms with E-state index < -0.39 is 29.7 Å². The molecule has 0 amide bonds. The topological polar surface area (TPSA) is 50.1 Å². The van der Waals surface area contributed by atoms with Gasteiger partial charge in [-0.2, -0.15) is 18.4 Å². The molecule has 1 rings (SSSR count). The second-order valence-corrected chi connectivity index (χ2v) is 3.75. The Labute approximate surface area is 106 Å². The van der Waals surface area contributed by atoms with Crippen LogP contribution in [0.3, 0.4) is 0 Å². The quantitative estimate of drug-likeness (QED) is 0.781. The number of ether oxygens (including phenoxy) is 1. The first-order chi connectivity index (χ1) is 8.29. The van der Waals surface area contributed by atoms with E-state index in [-0.39, 0.29) is 10.6 Å². The van der Waals surface area contributed by atoms with Gasteiger partial charge < -0.3 is 4.74 Å². The fraction of sp³-hybridized carbons (Fsp3) is 0.273. The molecule has 0 atom stereocenters. The van der Waals surface area contributed by atoms with Gasteiger partial charge in [0, 0.05) is 5.02 Å². The Kier molecular flexibility index (Phi) is 4.19. The Morgan fingerprint density at radius 1 is 1.50 bits per heavy atom. The molecule has 7 heteroatoms. The van der Waals surface area contributed by atoms with Crippen molar-refractivity contribution >= 4 is 17.6 Å². The van der Waals surface area contributed by atoms with Crippen LogP contribution in [-0.4, -0.2) is 13.1 Å². The minimum Gasteiger partial charge on any atom is -0.469 e. The highest BCUT2D eigenvalue weighted by atomic mass is 35.5. The number of alkyl halides is 3. The molecule has 0 radical (unpaired) electrons. The first kappa shape index (κ1) is 14.3. The van der Waals surface area contributed by atoms with Crippen molar-refractivity contribution in [3.05, 3.63) is 33.8 Å². The Morgan fingerprint density at radius 3 is 2.56 bits per heavy atom. The summed E-state index contributed by atoms with van der Waals surface area (Å²) in [7, 11) is 1.06. The monoisotopic (exact) mass is 277 g/mol. The van der Waals surface area contributed by atoms with Crippen LogP contribution in [0.1, 0.15) is 16.7 Å². The van der Waals surface area contributed by atoms with E-state index >= 15 is 0 Å². The van der Waals surface area contributed by atoms with Gasteiger partial charge in [0.05, 0.1) is 30.7 Å². The van der Waals surface area contributed by atoms with Gasteiger partial charge in [0.15, 0.2) is 0 Å². The zero-order valence-electron chi connectivity index (χ0n) is 9.14. The molecule has 96 valence electrons. The number of nitrogens with zero attached hydrogens (tertiary/aromatic N) is 1. The van der Waals surface area contributed by atoms with Crippen LogP contribution in [0.4, 0.5) is 13.2 Å². The van der Waals surface area contributed by atoms with Gasteiger partial charge in [-0.3, -0.25) is 4.79 Å². The lowest BCUT2D eigenvalue weighted by Crippen LogP contribution is -2.14. The maximum atomic E-state index is 12.8. The normalized spacial score (nSPS) is 10.9. The largest absolute Gasteiger partial charge is 0.469 e. The lowest BCUT2D eigenvalue weighted by molar-refractivity contribution is -0.141. The standard InChI is InChI=1S/C11H7ClF3NO2/c1-18-10(17)4-7-8(11(13,14)15)2-6(5-16)3-9(7)12/h2-3H,4H2,1H3. The number of halogens is 4. The predicted molar refractivity (Wildman–Crippen MR) is 56.9 cm³/mol. The van der Waals surface area contributed by atoms with E-state index in [1.165, 1.54) is 0 Å². The van der Waals surface area contributed by atoms with Crippen molar-refractivity contribution in [1.82, 2.24) is 0 Å². The number of hydrogen-bond acceptors (Lipinski definition) is 3. The van der Waals surface area contributed by atoms with Crippen molar-refractivity contribution in [2.45, 2.75) is 12.6 Å². The van der Waals surface area contributed by atoms with Crippen molar-refractivity contribution in [3.8, 4) is 6.07 Å². The highest BCUT2D eigenvalue weighted by Crippen LogP contribution is 2.36. The molecular formula is C11H7ClF3NO2. The Hall–Kier alpha value is -1.74. The molecule has 0 fully saturated rings. The van der Waals surface area contributed by atoms with Crippen LogP contribution in [0.2, 0.25) is 5.02 Å². The highest BCUT2D eigenvalue weighted by Gasteiger charge is 2.35. The van der Waals surface area contributed by atoms with Crippen LogP contribution in [0.15, 0.2) is 12.1 Å². The minimum atomic E-state index is -4.69. The Morgan fingerprint density at radius 2 is 2.11 bits per heavy atom. The number of carbonyl (C=O) groups excluding carboxylic acids is 1. The van der Waals surface area contributed by atoms with Crippen LogP contribution < -0.4 is 0 Å². The molecule has 3 nitrogen and oxygen atoms in total. The summed E-state index contributed by atoms with van der Waals surface area (Å²) in [5.41, 5.74) is -1.71. The predicted octanol–water partition coefficient (Wildman–Crippen LogP) is 2.95. The van der Waals surface area contributed by atoms with E-state index in [2.05, 4.69) is 4.74 Å². The van der Waals surface area contributed by atoms with E-state index in [4.69, 9.17) is 16.9 Å². The van der Waals surface area contributed by atoms with Gasteiger partial charge in [-0.25, -0.2) is 0 Å². The molecule has 0 aromatic heterocycles. The van der Waals surface area contributed by atoms with E-state index in [9.17, 15) is 18.0 Å². The molecule has 1 aromatic rings. The zero-order chi connectivity index (χ0) is 13.9. The Bertz CT molecular complexity index is 520. The number of rotatable bonds is 2. The van der Waals surface area contributed by atoms with Crippen molar-refractivity contribution < 1.29 is 22.7 Å². The first-order valence-electron chi connectivity index (χ1n) is 4.66. The fourth-order valence-corrected chi connectivity index (χ4v) is 1.64. The summed E-state index contributed by atoms with van der Waals surface area (Å²) in [6.07, 6.45) is -5.30. The van der Waals surface area contributed by atoms with Crippen molar-refractivity contribution in [1.29, 1.82) is 5.26 Å². The summed E-state index contributed by atoms with van der Waals surface area (Å²) >= 11 is 5.66. The third-order valence-corrected chi connectivity index (χ3v) is 2.52. The first-order valence-corrected chi connectivity index (χ1v) is 5.04. The lowest BCUT2D eigenvalue weighted by atomic mass is 10.0. The fourth-order valence-electron chi connectivity index (χ4n) is 1.35. The summed E-state index contributed by atoms with van der Waals surface area (Å²) in [4.78, 5) is 11.1. The molecule has 0 saturated carbocycles. The molecule has 0 aliphatic carbocycles. The molecule has 0 N–H and O–H groups in total. The van der Waals surface area contributed by atoms with Gasteiger partial charge in [-0.15, -0.1) is 0 Å². The van der Waals surface area contributed by atoms with Gasteiger partial charge in [0.1, 0.15) is 0 Å². The van der Waals surface area contributed by atoms with Crippen LogP contribution >= 0.6 is 11.6 Å². The van der Waals surface area contributed by atoms with Crippen LogP contribution in [0.25, 0.3) is 0 Å². The smallest absolute Gasteiger partial charge is 0.416 e. The van der Waals surface area contributed by atoms with Gasteiger partial charge in [0.25, 0.3) is 0 Å². The summed E-state index contributed by atoms with van der Waals surface area (Å²) in [5, 5.41) is 8.32. The highest BCUT2D eigenvalue weighted by molar-refractivity contribution is 6.31. The molecule has 0 heterocycles. The van der Waals surface area contributed by atoms with E-state index in [0.717, 1.165) is 13.2 Å². The summed E-state index contributed by atoms with van der Waals surface area (Å²) in [6.45, 7) is 0.